The molecule has 1 N–H and O–H groups in total. The molecule has 0 fully saturated rings. The van der Waals surface area contributed by atoms with E-state index in [0.29, 0.717) is 30.3 Å². The van der Waals surface area contributed by atoms with Crippen LogP contribution in [0.1, 0.15) is 115 Å². The molecule has 1 aromatic carbocycles. The predicted octanol–water partition coefficient (Wildman–Crippen LogP) is 7.23. The first kappa shape index (κ1) is 26.0. The number of benzene rings is 1. The molecule has 32 heavy (non-hydrogen) atoms. The Morgan fingerprint density at radius 2 is 1.75 bits per heavy atom. The Labute approximate surface area is 193 Å². The largest absolute Gasteiger partial charge is 0.493 e. The molecule has 1 aliphatic rings. The van der Waals surface area contributed by atoms with Gasteiger partial charge in [0.15, 0.2) is 0 Å². The summed E-state index contributed by atoms with van der Waals surface area (Å²) < 4.78 is 11.5. The van der Waals surface area contributed by atoms with Crippen LogP contribution in [0.3, 0.4) is 0 Å². The van der Waals surface area contributed by atoms with Crippen molar-refractivity contribution in [2.24, 2.45) is 5.92 Å². The Kier molecular flexibility index (Phi) is 10.8. The first-order valence-electron chi connectivity index (χ1n) is 12.3. The molecule has 1 aliphatic heterocycles. The van der Waals surface area contributed by atoms with E-state index in [1.54, 1.807) is 13.0 Å². The van der Waals surface area contributed by atoms with Gasteiger partial charge < -0.3 is 14.6 Å². The maximum Gasteiger partial charge on any atom is 0.311 e. The molecule has 0 radical (unpaired) electrons. The van der Waals surface area contributed by atoms with Crippen LogP contribution in [-0.2, 0) is 20.9 Å². The van der Waals surface area contributed by atoms with E-state index in [1.807, 2.05) is 12.1 Å². The van der Waals surface area contributed by atoms with Crippen molar-refractivity contribution in [3.05, 3.63) is 34.6 Å². The highest BCUT2D eigenvalue weighted by Crippen LogP contribution is 2.35. The van der Waals surface area contributed by atoms with Gasteiger partial charge in [0.1, 0.15) is 12.4 Å². The van der Waals surface area contributed by atoms with Gasteiger partial charge in [-0.2, -0.15) is 0 Å². The fourth-order valence-corrected chi connectivity index (χ4v) is 3.84. The lowest BCUT2D eigenvalue weighted by Crippen LogP contribution is -2.15. The first-order valence-corrected chi connectivity index (χ1v) is 12.3. The summed E-state index contributed by atoms with van der Waals surface area (Å²) in [4.78, 5) is 24.1. The van der Waals surface area contributed by atoms with Gasteiger partial charge in [0, 0.05) is 24.0 Å². The average molecular weight is 445 g/mol. The number of esters is 1. The van der Waals surface area contributed by atoms with Gasteiger partial charge in [0.05, 0.1) is 11.7 Å². The van der Waals surface area contributed by atoms with Crippen molar-refractivity contribution in [3.8, 4) is 5.75 Å². The maximum atomic E-state index is 12.4. The maximum absolute atomic E-state index is 12.4. The number of unbranched alkanes of at least 4 members (excludes halogenated alkanes) is 6. The van der Waals surface area contributed by atoms with Crippen LogP contribution < -0.4 is 4.74 Å². The van der Waals surface area contributed by atoms with E-state index < -0.39 is 11.9 Å². The van der Waals surface area contributed by atoms with Crippen LogP contribution in [0.2, 0.25) is 0 Å². The summed E-state index contributed by atoms with van der Waals surface area (Å²) in [6.07, 6.45) is 12.1. The van der Waals surface area contributed by atoms with E-state index in [2.05, 4.69) is 20.8 Å². The summed E-state index contributed by atoms with van der Waals surface area (Å²) in [6, 6.07) is 3.63. The summed E-state index contributed by atoms with van der Waals surface area (Å²) in [5.74, 6) is -0.163. The number of rotatable bonds is 14. The fraction of sp³-hybridized carbons (Fsp3) is 0.630. The number of hydrogen-bond donors (Lipinski definition) is 1. The molecular formula is C27H40O5. The van der Waals surface area contributed by atoms with E-state index in [4.69, 9.17) is 9.47 Å². The van der Waals surface area contributed by atoms with Gasteiger partial charge in [0.2, 0.25) is 0 Å². The minimum atomic E-state index is -0.939. The minimum Gasteiger partial charge on any atom is -0.493 e. The topological polar surface area (TPSA) is 72.8 Å². The van der Waals surface area contributed by atoms with E-state index in [9.17, 15) is 14.7 Å². The zero-order valence-electron chi connectivity index (χ0n) is 20.2. The Balaban J connectivity index is 2.06. The molecule has 0 aromatic heterocycles. The third-order valence-corrected chi connectivity index (χ3v) is 6.01. The molecule has 1 aromatic rings. The Morgan fingerprint density at radius 1 is 1.06 bits per heavy atom. The third kappa shape index (κ3) is 8.33. The smallest absolute Gasteiger partial charge is 0.311 e. The lowest BCUT2D eigenvalue weighted by molar-refractivity contribution is -0.139. The molecule has 1 atom stereocenters. The SMILES string of the molecule is CCCCCCCCCC(=O)Oc1cc2c(cc1C(C)C(=O)O)C=C(CCC(C)C)OC2. The standard InChI is InChI=1S/C27H40O5/c1-5-6-7-8-9-10-11-12-26(28)32-25-17-22-18-31-23(14-13-19(2)3)15-21(22)16-24(25)20(4)27(29)30/h15-17,19-20H,5-14,18H2,1-4H3,(H,29,30). The zero-order valence-corrected chi connectivity index (χ0v) is 20.2. The van der Waals surface area contributed by atoms with Crippen molar-refractivity contribution in [2.45, 2.75) is 104 Å². The Morgan fingerprint density at radius 3 is 2.41 bits per heavy atom. The van der Waals surface area contributed by atoms with Gasteiger partial charge in [-0.05, 0) is 49.5 Å². The number of ether oxygens (including phenoxy) is 2. The molecular weight excluding hydrogens is 404 g/mol. The second-order valence-electron chi connectivity index (χ2n) is 9.33. The van der Waals surface area contributed by atoms with Crippen LogP contribution >= 0.6 is 0 Å². The molecule has 0 amide bonds. The zero-order chi connectivity index (χ0) is 23.5. The fourth-order valence-electron chi connectivity index (χ4n) is 3.84. The highest BCUT2D eigenvalue weighted by Gasteiger charge is 2.24. The summed E-state index contributed by atoms with van der Waals surface area (Å²) in [6.45, 7) is 8.59. The van der Waals surface area contributed by atoms with Gasteiger partial charge in [-0.1, -0.05) is 59.3 Å². The number of carbonyl (C=O) groups excluding carboxylic acids is 1. The molecule has 0 saturated carbocycles. The second kappa shape index (κ2) is 13.3. The lowest BCUT2D eigenvalue weighted by Gasteiger charge is -2.22. The van der Waals surface area contributed by atoms with E-state index in [0.717, 1.165) is 49.0 Å². The van der Waals surface area contributed by atoms with E-state index in [1.165, 1.54) is 25.7 Å². The summed E-state index contributed by atoms with van der Waals surface area (Å²) in [7, 11) is 0. The van der Waals surface area contributed by atoms with Gasteiger partial charge in [0.25, 0.3) is 0 Å². The van der Waals surface area contributed by atoms with Crippen molar-refractivity contribution in [3.63, 3.8) is 0 Å². The molecule has 5 nitrogen and oxygen atoms in total. The summed E-state index contributed by atoms with van der Waals surface area (Å²) in [5.41, 5.74) is 2.40. The van der Waals surface area contributed by atoms with E-state index >= 15 is 0 Å². The highest BCUT2D eigenvalue weighted by molar-refractivity contribution is 5.79. The molecule has 0 aliphatic carbocycles. The normalized spacial score (nSPS) is 13.8. The molecule has 5 heteroatoms. The molecule has 0 bridgehead atoms. The van der Waals surface area contributed by atoms with Gasteiger partial charge >= 0.3 is 11.9 Å². The monoisotopic (exact) mass is 444 g/mol. The number of fused-ring (bicyclic) bond motifs is 1. The highest BCUT2D eigenvalue weighted by atomic mass is 16.5. The number of allylic oxidation sites excluding steroid dienone is 1. The van der Waals surface area contributed by atoms with Crippen molar-refractivity contribution in [1.82, 2.24) is 0 Å². The van der Waals surface area contributed by atoms with Crippen molar-refractivity contribution in [2.75, 3.05) is 0 Å². The molecule has 0 saturated heterocycles. The van der Waals surface area contributed by atoms with Crippen LogP contribution in [-0.4, -0.2) is 17.0 Å². The lowest BCUT2D eigenvalue weighted by atomic mass is 9.93. The van der Waals surface area contributed by atoms with Crippen LogP contribution in [0.4, 0.5) is 0 Å². The van der Waals surface area contributed by atoms with Crippen LogP contribution in [0.25, 0.3) is 6.08 Å². The molecule has 0 spiro atoms. The van der Waals surface area contributed by atoms with Crippen LogP contribution in [0.5, 0.6) is 5.75 Å². The number of aliphatic carboxylic acids is 1. The van der Waals surface area contributed by atoms with Crippen molar-refractivity contribution < 1.29 is 24.2 Å². The third-order valence-electron chi connectivity index (χ3n) is 6.01. The molecule has 1 unspecified atom stereocenters. The quantitative estimate of drug-likeness (QED) is 0.186. The minimum absolute atomic E-state index is 0.303. The number of hydrogen-bond acceptors (Lipinski definition) is 4. The van der Waals surface area contributed by atoms with Crippen LogP contribution in [0, 0.1) is 5.92 Å². The number of carboxylic acid groups (broad SMARTS) is 1. The summed E-state index contributed by atoms with van der Waals surface area (Å²) in [5, 5.41) is 9.58. The van der Waals surface area contributed by atoms with Crippen LogP contribution in [0.15, 0.2) is 17.9 Å². The molecule has 1 heterocycles. The Hall–Kier alpha value is -2.30. The number of carbonyl (C=O) groups is 2. The van der Waals surface area contributed by atoms with E-state index in [-0.39, 0.29) is 5.97 Å². The summed E-state index contributed by atoms with van der Waals surface area (Å²) >= 11 is 0. The first-order chi connectivity index (χ1) is 15.3. The average Bonchev–Trinajstić information content (AvgIpc) is 2.76. The second-order valence-corrected chi connectivity index (χ2v) is 9.33. The Bertz CT molecular complexity index is 793. The van der Waals surface area contributed by atoms with Gasteiger partial charge in [-0.15, -0.1) is 0 Å². The van der Waals surface area contributed by atoms with Gasteiger partial charge in [-0.3, -0.25) is 9.59 Å². The van der Waals surface area contributed by atoms with Gasteiger partial charge in [-0.25, -0.2) is 0 Å². The number of carboxylic acids is 1. The molecule has 2 rings (SSSR count). The van der Waals surface area contributed by atoms with Crippen molar-refractivity contribution in [1.29, 1.82) is 0 Å². The molecule has 178 valence electrons. The predicted molar refractivity (Wildman–Crippen MR) is 128 cm³/mol. The van der Waals surface area contributed by atoms with Crippen molar-refractivity contribution >= 4 is 18.0 Å².